The Bertz CT molecular complexity index is 1820. The number of rotatable bonds is 11. The van der Waals surface area contributed by atoms with Gasteiger partial charge in [-0.15, -0.1) is 0 Å². The molecule has 0 aliphatic carbocycles. The predicted octanol–water partition coefficient (Wildman–Crippen LogP) is 7.83. The number of carbonyl (C=O) groups excluding carboxylic acids is 2. The number of aliphatic imine (C=N–C) groups is 1. The Morgan fingerprint density at radius 2 is 1.53 bits per heavy atom. The number of esters is 2. The van der Waals surface area contributed by atoms with Crippen LogP contribution in [0, 0.1) is 0 Å². The first-order valence-electron chi connectivity index (χ1n) is 16.5. The van der Waals surface area contributed by atoms with Crippen molar-refractivity contribution in [3.8, 4) is 16.9 Å². The predicted molar refractivity (Wildman–Crippen MR) is 188 cm³/mol. The van der Waals surface area contributed by atoms with Crippen LogP contribution in [0.3, 0.4) is 0 Å². The van der Waals surface area contributed by atoms with Gasteiger partial charge in [-0.1, -0.05) is 61.5 Å². The van der Waals surface area contributed by atoms with Crippen LogP contribution in [0.15, 0.2) is 83.9 Å². The molecule has 4 aromatic carbocycles. The van der Waals surface area contributed by atoms with Gasteiger partial charge >= 0.3 is 11.9 Å². The molecule has 0 amide bonds. The molecule has 1 atom stereocenters. The number of anilines is 2. The summed E-state index contributed by atoms with van der Waals surface area (Å²) in [5.74, 6) is 0.0282. The van der Waals surface area contributed by atoms with Gasteiger partial charge in [0.05, 0.1) is 37.6 Å². The van der Waals surface area contributed by atoms with Crippen molar-refractivity contribution in [3.05, 3.63) is 84.4 Å². The smallest absolute Gasteiger partial charge is 0.306 e. The minimum Gasteiger partial charge on any atom is -0.466 e. The van der Waals surface area contributed by atoms with Crippen LogP contribution >= 0.6 is 0 Å². The molecule has 8 nitrogen and oxygen atoms in total. The molecule has 0 radical (unpaired) electrons. The van der Waals surface area contributed by atoms with E-state index < -0.39 is 11.7 Å². The molecule has 0 saturated heterocycles. The van der Waals surface area contributed by atoms with E-state index in [0.717, 1.165) is 57.7 Å². The van der Waals surface area contributed by atoms with Crippen LogP contribution < -0.4 is 14.5 Å². The summed E-state index contributed by atoms with van der Waals surface area (Å²) in [6, 6.07) is 27.4. The lowest BCUT2D eigenvalue weighted by molar-refractivity contribution is -0.150. The Morgan fingerprint density at radius 1 is 0.872 bits per heavy atom. The zero-order valence-corrected chi connectivity index (χ0v) is 27.9. The normalized spacial score (nSPS) is 17.3. The molecule has 1 unspecified atom stereocenters. The van der Waals surface area contributed by atoms with Crippen molar-refractivity contribution >= 4 is 46.0 Å². The van der Waals surface area contributed by atoms with Gasteiger partial charge in [-0.2, -0.15) is 0 Å². The van der Waals surface area contributed by atoms with Gasteiger partial charge in [0.2, 0.25) is 5.72 Å². The van der Waals surface area contributed by atoms with Crippen LogP contribution in [0.25, 0.3) is 21.9 Å². The van der Waals surface area contributed by atoms with E-state index in [0.29, 0.717) is 13.2 Å². The maximum Gasteiger partial charge on any atom is 0.306 e. The van der Waals surface area contributed by atoms with Gasteiger partial charge in [-0.3, -0.25) is 14.6 Å². The number of carbonyl (C=O) groups is 2. The maximum absolute atomic E-state index is 12.1. The zero-order chi connectivity index (χ0) is 33.2. The maximum atomic E-state index is 12.1. The molecule has 0 fully saturated rings. The van der Waals surface area contributed by atoms with Crippen molar-refractivity contribution in [2.24, 2.45) is 4.99 Å². The summed E-state index contributed by atoms with van der Waals surface area (Å²) in [5.41, 5.74) is 5.30. The highest BCUT2D eigenvalue weighted by atomic mass is 16.5. The monoisotopic (exact) mass is 633 g/mol. The fourth-order valence-electron chi connectivity index (χ4n) is 6.80. The van der Waals surface area contributed by atoms with Crippen molar-refractivity contribution < 1.29 is 23.8 Å². The van der Waals surface area contributed by atoms with Crippen LogP contribution in [0.2, 0.25) is 0 Å². The summed E-state index contributed by atoms with van der Waals surface area (Å²) in [7, 11) is 2.08. The number of fused-ring (bicyclic) bond motifs is 4. The van der Waals surface area contributed by atoms with Crippen molar-refractivity contribution in [1.82, 2.24) is 0 Å². The lowest BCUT2D eigenvalue weighted by Gasteiger charge is -2.45. The van der Waals surface area contributed by atoms with E-state index in [1.54, 1.807) is 0 Å². The molecule has 2 heterocycles. The number of hydrogen-bond acceptors (Lipinski definition) is 8. The molecule has 0 bridgehead atoms. The number of hydrogen-bond donors (Lipinski definition) is 0. The highest BCUT2D eigenvalue weighted by molar-refractivity contribution is 6.05. The lowest BCUT2D eigenvalue weighted by atomic mass is 9.77. The van der Waals surface area contributed by atoms with E-state index >= 15 is 0 Å². The molecule has 0 N–H and O–H groups in total. The molecular weight excluding hydrogens is 590 g/mol. The SMILES string of the molecule is CCCOC(=O)CCC(=O)OCCN(CC)c1ccc(-c2cc3c(c4ccccc24)OC2(C=N3)N(C)c3ccccc3C2(C)C)cc1. The first-order chi connectivity index (χ1) is 22.7. The van der Waals surface area contributed by atoms with Gasteiger partial charge in [0.1, 0.15) is 12.3 Å². The average molecular weight is 634 g/mol. The third kappa shape index (κ3) is 5.81. The van der Waals surface area contributed by atoms with E-state index in [-0.39, 0.29) is 30.8 Å². The van der Waals surface area contributed by atoms with Gasteiger partial charge in [0.25, 0.3) is 0 Å². The highest BCUT2D eigenvalue weighted by Crippen LogP contribution is 2.55. The van der Waals surface area contributed by atoms with Gasteiger partial charge < -0.3 is 24.0 Å². The standard InChI is InChI=1S/C39H43N3O5/c1-6-23-45-35(43)20-21-36(44)46-24-22-42(7-2)28-18-16-27(17-19-28)31-25-33-37(30-13-9-8-12-29(30)31)47-39(26-40-33)38(3,4)32-14-10-11-15-34(32)41(39)5/h8-19,25-26H,6-7,20-24H2,1-5H3. The molecule has 244 valence electrons. The Hall–Kier alpha value is -4.85. The summed E-state index contributed by atoms with van der Waals surface area (Å²) in [6.07, 6.45) is 2.79. The number of nitrogens with zero attached hydrogens (tertiary/aromatic N) is 3. The Morgan fingerprint density at radius 3 is 2.21 bits per heavy atom. The third-order valence-electron chi connectivity index (χ3n) is 9.49. The van der Waals surface area contributed by atoms with Crippen molar-refractivity contribution in [1.29, 1.82) is 0 Å². The molecule has 4 aromatic rings. The molecule has 2 aliphatic heterocycles. The van der Waals surface area contributed by atoms with E-state index in [1.165, 1.54) is 5.56 Å². The van der Waals surface area contributed by atoms with Crippen molar-refractivity contribution in [2.45, 2.75) is 58.1 Å². The topological polar surface area (TPSA) is 80.7 Å². The van der Waals surface area contributed by atoms with Crippen LogP contribution in [0.5, 0.6) is 5.75 Å². The number of ether oxygens (including phenoxy) is 3. The molecule has 47 heavy (non-hydrogen) atoms. The first kappa shape index (κ1) is 32.1. The highest BCUT2D eigenvalue weighted by Gasteiger charge is 2.58. The Labute approximate surface area is 276 Å². The van der Waals surface area contributed by atoms with Crippen LogP contribution in [-0.4, -0.2) is 57.2 Å². The second kappa shape index (κ2) is 13.1. The number of likely N-dealkylation sites (N-methyl/N-ethyl adjacent to an activating group) is 2. The molecule has 2 aliphatic rings. The Balaban J connectivity index is 1.20. The first-order valence-corrected chi connectivity index (χ1v) is 16.5. The summed E-state index contributed by atoms with van der Waals surface area (Å²) in [4.78, 5) is 33.2. The van der Waals surface area contributed by atoms with Crippen LogP contribution in [0.1, 0.15) is 52.5 Å². The third-order valence-corrected chi connectivity index (χ3v) is 9.49. The molecule has 6 rings (SSSR count). The fourth-order valence-corrected chi connectivity index (χ4v) is 6.80. The van der Waals surface area contributed by atoms with E-state index in [4.69, 9.17) is 19.2 Å². The minimum absolute atomic E-state index is 0.0241. The second-order valence-corrected chi connectivity index (χ2v) is 12.6. The lowest BCUT2D eigenvalue weighted by Crippen LogP contribution is -2.61. The molecule has 0 saturated carbocycles. The van der Waals surface area contributed by atoms with Gasteiger partial charge in [0.15, 0.2) is 5.75 Å². The zero-order valence-electron chi connectivity index (χ0n) is 27.9. The summed E-state index contributed by atoms with van der Waals surface area (Å²) in [5, 5.41) is 2.12. The van der Waals surface area contributed by atoms with E-state index in [2.05, 4.69) is 110 Å². The molecule has 8 heteroatoms. The number of benzene rings is 4. The summed E-state index contributed by atoms with van der Waals surface area (Å²) < 4.78 is 17.5. The van der Waals surface area contributed by atoms with Crippen molar-refractivity contribution in [3.63, 3.8) is 0 Å². The number of para-hydroxylation sites is 1. The second-order valence-electron chi connectivity index (χ2n) is 12.6. The Kier molecular flexibility index (Phi) is 8.95. The fraction of sp³-hybridized carbons (Fsp3) is 0.359. The molecular formula is C39H43N3O5. The van der Waals surface area contributed by atoms with Crippen molar-refractivity contribution in [2.75, 3.05) is 43.2 Å². The van der Waals surface area contributed by atoms with Gasteiger partial charge in [-0.25, -0.2) is 0 Å². The largest absolute Gasteiger partial charge is 0.466 e. The van der Waals surface area contributed by atoms with E-state index in [9.17, 15) is 9.59 Å². The minimum atomic E-state index is -0.756. The van der Waals surface area contributed by atoms with Crippen LogP contribution in [0.4, 0.5) is 17.1 Å². The summed E-state index contributed by atoms with van der Waals surface area (Å²) in [6.45, 7) is 10.4. The molecule has 1 spiro atoms. The quantitative estimate of drug-likeness (QED) is 0.156. The summed E-state index contributed by atoms with van der Waals surface area (Å²) >= 11 is 0. The average Bonchev–Trinajstić information content (AvgIpc) is 3.25. The van der Waals surface area contributed by atoms with Gasteiger partial charge in [-0.05, 0) is 73.5 Å². The molecule has 0 aromatic heterocycles. The van der Waals surface area contributed by atoms with E-state index in [1.807, 2.05) is 19.2 Å². The van der Waals surface area contributed by atoms with Gasteiger partial charge in [0, 0.05) is 30.4 Å². The van der Waals surface area contributed by atoms with Crippen LogP contribution in [-0.2, 0) is 24.5 Å².